The molecule has 0 radical (unpaired) electrons. The highest BCUT2D eigenvalue weighted by atomic mass is 35.5. The van der Waals surface area contributed by atoms with E-state index in [2.05, 4.69) is 0 Å². The fourth-order valence-electron chi connectivity index (χ4n) is 4.98. The van der Waals surface area contributed by atoms with E-state index in [4.69, 9.17) is 28.2 Å². The molecule has 0 bridgehead atoms. The van der Waals surface area contributed by atoms with Crippen LogP contribution in [0, 0.1) is 0 Å². The van der Waals surface area contributed by atoms with Crippen molar-refractivity contribution in [2.45, 2.75) is 33.1 Å². The van der Waals surface area contributed by atoms with E-state index in [1.165, 1.54) is 11.3 Å². The van der Waals surface area contributed by atoms with Gasteiger partial charge in [-0.25, -0.2) is 4.98 Å². The predicted octanol–water partition coefficient (Wildman–Crippen LogP) is 8.05. The van der Waals surface area contributed by atoms with Gasteiger partial charge in [0, 0.05) is 48.8 Å². The molecule has 2 aromatic carbocycles. The van der Waals surface area contributed by atoms with Gasteiger partial charge in [0.15, 0.2) is 0 Å². The number of piperidine rings is 1. The van der Waals surface area contributed by atoms with Gasteiger partial charge in [-0.05, 0) is 75.6 Å². The molecule has 1 aliphatic rings. The normalized spacial score (nSPS) is 13.3. The van der Waals surface area contributed by atoms with E-state index in [-0.39, 0.29) is 11.5 Å². The number of benzene rings is 2. The SMILES string of the molecule is CC(C)=Cc1c(C(=O)N2CCCCC2)cc(-c2nc(-c3ccc(Cl)cc3)cs2)c(=O)n1-c1cc(N(C)C)ccc1Cl. The number of amides is 1. The summed E-state index contributed by atoms with van der Waals surface area (Å²) in [6, 6.07) is 14.7. The number of carbonyl (C=O) groups is 1. The van der Waals surface area contributed by atoms with Crippen molar-refractivity contribution in [2.24, 2.45) is 0 Å². The second-order valence-electron chi connectivity index (χ2n) is 10.6. The molecule has 1 amide bonds. The smallest absolute Gasteiger partial charge is 0.265 e. The topological polar surface area (TPSA) is 58.4 Å². The minimum absolute atomic E-state index is 0.0958. The van der Waals surface area contributed by atoms with E-state index in [1.54, 1.807) is 16.7 Å². The van der Waals surface area contributed by atoms with Crippen LogP contribution in [0.4, 0.5) is 5.69 Å². The molecule has 4 aromatic rings. The number of nitrogens with zero attached hydrogens (tertiary/aromatic N) is 4. The minimum atomic E-state index is -0.289. The van der Waals surface area contributed by atoms with Crippen molar-refractivity contribution >= 4 is 52.2 Å². The Kier molecular flexibility index (Phi) is 8.68. The zero-order valence-electron chi connectivity index (χ0n) is 23.6. The Labute approximate surface area is 254 Å². The van der Waals surface area contributed by atoms with E-state index in [0.717, 1.165) is 41.8 Å². The molecule has 0 atom stereocenters. The van der Waals surface area contributed by atoms with Gasteiger partial charge >= 0.3 is 0 Å². The fraction of sp³-hybridized carbons (Fsp3) is 0.281. The van der Waals surface area contributed by atoms with Gasteiger partial charge in [-0.2, -0.15) is 0 Å². The number of pyridine rings is 1. The number of allylic oxidation sites excluding steroid dienone is 1. The summed E-state index contributed by atoms with van der Waals surface area (Å²) in [5.41, 5.74) is 5.02. The summed E-state index contributed by atoms with van der Waals surface area (Å²) >= 11 is 14.2. The number of halogens is 2. The number of aromatic nitrogens is 2. The molecule has 0 spiro atoms. The number of carbonyl (C=O) groups excluding carboxylic acids is 1. The first-order valence-corrected chi connectivity index (χ1v) is 15.2. The summed E-state index contributed by atoms with van der Waals surface area (Å²) in [6.45, 7) is 5.29. The average Bonchev–Trinajstić information content (AvgIpc) is 3.44. The molecule has 0 unspecified atom stereocenters. The summed E-state index contributed by atoms with van der Waals surface area (Å²) in [6.07, 6.45) is 4.92. The monoisotopic (exact) mass is 606 g/mol. The van der Waals surface area contributed by atoms with Crippen LogP contribution in [0.1, 0.15) is 49.2 Å². The van der Waals surface area contributed by atoms with E-state index >= 15 is 0 Å². The summed E-state index contributed by atoms with van der Waals surface area (Å²) in [7, 11) is 3.87. The van der Waals surface area contributed by atoms with Crippen molar-refractivity contribution in [1.82, 2.24) is 14.5 Å². The highest BCUT2D eigenvalue weighted by Crippen LogP contribution is 2.33. The largest absolute Gasteiger partial charge is 0.378 e. The van der Waals surface area contributed by atoms with Crippen molar-refractivity contribution in [2.75, 3.05) is 32.1 Å². The van der Waals surface area contributed by atoms with Crippen LogP contribution in [-0.4, -0.2) is 47.5 Å². The molecule has 41 heavy (non-hydrogen) atoms. The van der Waals surface area contributed by atoms with Crippen LogP contribution >= 0.6 is 34.5 Å². The fourth-order valence-corrected chi connectivity index (χ4v) is 6.14. The number of hydrogen-bond acceptors (Lipinski definition) is 5. The van der Waals surface area contributed by atoms with Crippen LogP contribution in [0.2, 0.25) is 10.0 Å². The maximum Gasteiger partial charge on any atom is 0.265 e. The molecule has 2 aromatic heterocycles. The Morgan fingerprint density at radius 1 is 1.00 bits per heavy atom. The van der Waals surface area contributed by atoms with Gasteiger partial charge in [-0.15, -0.1) is 11.3 Å². The second kappa shape index (κ2) is 12.2. The quantitative estimate of drug-likeness (QED) is 0.223. The molecule has 1 saturated heterocycles. The van der Waals surface area contributed by atoms with Gasteiger partial charge in [0.1, 0.15) is 5.01 Å². The molecule has 9 heteroatoms. The third-order valence-electron chi connectivity index (χ3n) is 7.10. The van der Waals surface area contributed by atoms with Crippen LogP contribution in [0.3, 0.4) is 0 Å². The summed E-state index contributed by atoms with van der Waals surface area (Å²) < 4.78 is 1.58. The first-order valence-electron chi connectivity index (χ1n) is 13.6. The second-order valence-corrected chi connectivity index (χ2v) is 12.3. The number of likely N-dealkylation sites (tertiary alicyclic amines) is 1. The zero-order valence-corrected chi connectivity index (χ0v) is 25.9. The maximum atomic E-state index is 14.4. The van der Waals surface area contributed by atoms with E-state index in [9.17, 15) is 9.59 Å². The molecule has 3 heterocycles. The molecule has 1 fully saturated rings. The average molecular weight is 608 g/mol. The molecule has 1 aliphatic heterocycles. The Hall–Kier alpha value is -3.39. The van der Waals surface area contributed by atoms with Crippen molar-refractivity contribution in [3.63, 3.8) is 0 Å². The first kappa shape index (κ1) is 29.1. The molecule has 0 saturated carbocycles. The van der Waals surface area contributed by atoms with Crippen LogP contribution in [0.5, 0.6) is 0 Å². The maximum absolute atomic E-state index is 14.4. The highest BCUT2D eigenvalue weighted by Gasteiger charge is 2.27. The molecule has 6 nitrogen and oxygen atoms in total. The number of anilines is 1. The lowest BCUT2D eigenvalue weighted by Gasteiger charge is -2.28. The lowest BCUT2D eigenvalue weighted by Crippen LogP contribution is -2.37. The zero-order chi connectivity index (χ0) is 29.3. The van der Waals surface area contributed by atoms with Gasteiger partial charge in [0.25, 0.3) is 11.5 Å². The third kappa shape index (κ3) is 6.13. The van der Waals surface area contributed by atoms with Gasteiger partial charge in [-0.1, -0.05) is 40.9 Å². The predicted molar refractivity (Wildman–Crippen MR) is 172 cm³/mol. The van der Waals surface area contributed by atoms with E-state index in [0.29, 0.717) is 50.7 Å². The standard InChI is InChI=1S/C32H32Cl2N4O2S/c1-20(2)16-28-24(31(39)37-14-6-5-7-15-37)18-25(30-35-27(19-41-30)21-8-10-22(33)11-9-21)32(40)38(28)29-17-23(36(3)4)12-13-26(29)34/h8-13,16-19H,5-7,14-15H2,1-4H3. The molecule has 212 valence electrons. The summed E-state index contributed by atoms with van der Waals surface area (Å²) in [5, 5.41) is 3.50. The lowest BCUT2D eigenvalue weighted by molar-refractivity contribution is 0.0723. The van der Waals surface area contributed by atoms with Crippen molar-refractivity contribution in [1.29, 1.82) is 0 Å². The van der Waals surface area contributed by atoms with E-state index in [1.807, 2.05) is 85.6 Å². The molecular formula is C32H32Cl2N4O2S. The van der Waals surface area contributed by atoms with Gasteiger partial charge in [-0.3, -0.25) is 14.2 Å². The summed E-state index contributed by atoms with van der Waals surface area (Å²) in [5.74, 6) is -0.0958. The Balaban J connectivity index is 1.79. The van der Waals surface area contributed by atoms with Crippen molar-refractivity contribution in [3.8, 4) is 27.5 Å². The first-order chi connectivity index (χ1) is 19.6. The Morgan fingerprint density at radius 2 is 1.71 bits per heavy atom. The Bertz CT molecular complexity index is 1680. The van der Waals surface area contributed by atoms with Crippen LogP contribution < -0.4 is 10.5 Å². The van der Waals surface area contributed by atoms with Crippen LogP contribution in [-0.2, 0) is 0 Å². The molecular weight excluding hydrogens is 575 g/mol. The van der Waals surface area contributed by atoms with Gasteiger partial charge in [0.2, 0.25) is 0 Å². The molecule has 0 N–H and O–H groups in total. The highest BCUT2D eigenvalue weighted by molar-refractivity contribution is 7.13. The molecule has 5 rings (SSSR count). The third-order valence-corrected chi connectivity index (χ3v) is 8.55. The number of hydrogen-bond donors (Lipinski definition) is 0. The number of rotatable bonds is 6. The van der Waals surface area contributed by atoms with Crippen molar-refractivity contribution < 1.29 is 4.79 Å². The Morgan fingerprint density at radius 3 is 2.37 bits per heavy atom. The van der Waals surface area contributed by atoms with Crippen LogP contribution in [0.25, 0.3) is 33.6 Å². The molecule has 0 aliphatic carbocycles. The minimum Gasteiger partial charge on any atom is -0.378 e. The lowest BCUT2D eigenvalue weighted by atomic mass is 10.0. The number of thiazole rings is 1. The van der Waals surface area contributed by atoms with E-state index < -0.39 is 0 Å². The van der Waals surface area contributed by atoms with Gasteiger partial charge < -0.3 is 9.80 Å². The van der Waals surface area contributed by atoms with Gasteiger partial charge in [0.05, 0.1) is 33.2 Å². The van der Waals surface area contributed by atoms with Crippen LogP contribution in [0.15, 0.2) is 64.3 Å². The van der Waals surface area contributed by atoms with Crippen molar-refractivity contribution in [3.05, 3.63) is 91.1 Å². The summed E-state index contributed by atoms with van der Waals surface area (Å²) in [4.78, 5) is 37.2.